The topological polar surface area (TPSA) is 70.8 Å². The van der Waals surface area contributed by atoms with Crippen LogP contribution in [0.3, 0.4) is 0 Å². The molecule has 0 bridgehead atoms. The maximum absolute atomic E-state index is 9.84. The van der Waals surface area contributed by atoms with Gasteiger partial charge in [0, 0.05) is 0 Å². The smallest absolute Gasteiger partial charge is 0.423 e. The summed E-state index contributed by atoms with van der Waals surface area (Å²) in [6.45, 7) is 4.70. The molecule has 0 fully saturated rings. The third-order valence-electron chi connectivity index (χ3n) is 5.31. The van der Waals surface area contributed by atoms with Crippen LogP contribution in [-0.4, -0.2) is 33.9 Å². The number of anilines is 1. The third-order valence-corrected chi connectivity index (χ3v) is 6.40. The summed E-state index contributed by atoms with van der Waals surface area (Å²) in [6, 6.07) is 6.32. The second-order valence-electron chi connectivity index (χ2n) is 7.15. The molecule has 6 nitrogen and oxygen atoms in total. The van der Waals surface area contributed by atoms with Crippen LogP contribution in [-0.2, 0) is 11.3 Å². The maximum atomic E-state index is 9.84. The lowest BCUT2D eigenvalue weighted by molar-refractivity contribution is 0.275. The van der Waals surface area contributed by atoms with Gasteiger partial charge in [-0.05, 0) is 60.3 Å². The largest absolute Gasteiger partial charge is 0.491 e. The van der Waals surface area contributed by atoms with Crippen molar-refractivity contribution in [1.29, 1.82) is 0 Å². The van der Waals surface area contributed by atoms with E-state index in [-0.39, 0.29) is 6.04 Å². The predicted octanol–water partition coefficient (Wildman–Crippen LogP) is 2.61. The second kappa shape index (κ2) is 6.40. The van der Waals surface area contributed by atoms with Gasteiger partial charge in [-0.2, -0.15) is 5.10 Å². The Kier molecular flexibility index (Phi) is 4.00. The molecule has 1 N–H and O–H groups in total. The Hall–Kier alpha value is -2.29. The number of benzene rings is 1. The van der Waals surface area contributed by atoms with Crippen LogP contribution in [0.15, 0.2) is 35.0 Å². The van der Waals surface area contributed by atoms with E-state index in [1.807, 2.05) is 17.1 Å². The minimum absolute atomic E-state index is 0.272. The van der Waals surface area contributed by atoms with Crippen molar-refractivity contribution in [3.8, 4) is 0 Å². The molecule has 2 aromatic heterocycles. The molecule has 0 amide bonds. The summed E-state index contributed by atoms with van der Waals surface area (Å²) < 4.78 is 6.39. The Labute approximate surface area is 161 Å². The van der Waals surface area contributed by atoms with Crippen molar-refractivity contribution in [3.05, 3.63) is 46.6 Å². The predicted molar refractivity (Wildman–Crippen MR) is 109 cm³/mol. The van der Waals surface area contributed by atoms with E-state index in [2.05, 4.69) is 35.3 Å². The minimum Gasteiger partial charge on any atom is -0.423 e. The summed E-state index contributed by atoms with van der Waals surface area (Å²) in [5.74, 6) is 0.878. The van der Waals surface area contributed by atoms with Gasteiger partial charge in [-0.3, -0.25) is 0 Å². The first kappa shape index (κ1) is 16.9. The Balaban J connectivity index is 1.57. The molecule has 0 spiro atoms. The fourth-order valence-corrected chi connectivity index (χ4v) is 4.72. The number of fused-ring (bicyclic) bond motifs is 2. The molecule has 0 saturated carbocycles. The quantitative estimate of drug-likeness (QED) is 0.695. The number of nitrogens with zero attached hydrogens (tertiary/aromatic N) is 4. The summed E-state index contributed by atoms with van der Waals surface area (Å²) in [5.41, 5.74) is 6.18. The normalized spacial score (nSPS) is 19.5. The highest BCUT2D eigenvalue weighted by Gasteiger charge is 2.29. The molecule has 1 aromatic carbocycles. The van der Waals surface area contributed by atoms with Gasteiger partial charge in [-0.25, -0.2) is 15.0 Å². The van der Waals surface area contributed by atoms with Crippen LogP contribution in [0, 0.1) is 6.92 Å². The van der Waals surface area contributed by atoms with E-state index in [0.29, 0.717) is 6.61 Å². The maximum Gasteiger partial charge on any atom is 0.491 e. The lowest BCUT2D eigenvalue weighted by Gasteiger charge is -2.31. The van der Waals surface area contributed by atoms with Crippen molar-refractivity contribution >= 4 is 45.7 Å². The van der Waals surface area contributed by atoms with Gasteiger partial charge < -0.3 is 9.68 Å². The van der Waals surface area contributed by atoms with Crippen LogP contribution in [0.5, 0.6) is 0 Å². The number of hydrazone groups is 1. The Bertz CT molecular complexity index is 1070. The lowest BCUT2D eigenvalue weighted by Crippen LogP contribution is -2.35. The summed E-state index contributed by atoms with van der Waals surface area (Å²) >= 11 is 1.67. The number of aromatic nitrogens is 2. The summed E-state index contributed by atoms with van der Waals surface area (Å²) in [6.07, 6.45) is 3.55. The molecule has 0 radical (unpaired) electrons. The SMILES string of the molecule is Cc1csc2c(N3N=C(c4ccc5c(c4)COB5O)CCC3C)ncnc12. The number of aryl methyl sites for hydroxylation is 1. The fraction of sp³-hybridized carbons (Fsp3) is 0.316. The average molecular weight is 378 g/mol. The summed E-state index contributed by atoms with van der Waals surface area (Å²) in [5, 5.41) is 19.0. The molecule has 3 aromatic rings. The monoisotopic (exact) mass is 378 g/mol. The first-order valence-electron chi connectivity index (χ1n) is 9.10. The summed E-state index contributed by atoms with van der Waals surface area (Å²) in [4.78, 5) is 8.99. The molecule has 136 valence electrons. The third kappa shape index (κ3) is 2.75. The molecular formula is C19H19BN4O2S. The van der Waals surface area contributed by atoms with Crippen molar-refractivity contribution in [2.24, 2.45) is 5.10 Å². The molecule has 0 aliphatic carbocycles. The minimum atomic E-state index is -0.810. The van der Waals surface area contributed by atoms with Gasteiger partial charge >= 0.3 is 7.12 Å². The van der Waals surface area contributed by atoms with E-state index in [0.717, 1.165) is 51.2 Å². The number of rotatable bonds is 2. The van der Waals surface area contributed by atoms with Crippen LogP contribution in [0.4, 0.5) is 5.82 Å². The van der Waals surface area contributed by atoms with Crippen LogP contribution < -0.4 is 10.5 Å². The van der Waals surface area contributed by atoms with Crippen molar-refractivity contribution < 1.29 is 9.68 Å². The van der Waals surface area contributed by atoms with Crippen molar-refractivity contribution in [2.45, 2.75) is 39.3 Å². The standard InChI is InChI=1S/C19H19BN4O2S/c1-11-9-27-18-17(11)21-10-22-19(18)24-12(2)3-6-16(23-24)13-4-5-15-14(7-13)8-26-20(15)25/h4-5,7,9-10,12,25H,3,6,8H2,1-2H3. The molecule has 2 aliphatic heterocycles. The van der Waals surface area contributed by atoms with E-state index in [9.17, 15) is 5.02 Å². The van der Waals surface area contributed by atoms with Gasteiger partial charge in [0.05, 0.1) is 28.6 Å². The summed E-state index contributed by atoms with van der Waals surface area (Å²) in [7, 11) is -0.810. The second-order valence-corrected chi connectivity index (χ2v) is 8.03. The van der Waals surface area contributed by atoms with Gasteiger partial charge in [0.25, 0.3) is 0 Å². The fourth-order valence-electron chi connectivity index (χ4n) is 3.73. The van der Waals surface area contributed by atoms with Crippen LogP contribution in [0.2, 0.25) is 0 Å². The van der Waals surface area contributed by atoms with Crippen LogP contribution in [0.25, 0.3) is 10.2 Å². The Morgan fingerprint density at radius 2 is 2.22 bits per heavy atom. The van der Waals surface area contributed by atoms with E-state index < -0.39 is 7.12 Å². The highest BCUT2D eigenvalue weighted by molar-refractivity contribution is 7.18. The van der Waals surface area contributed by atoms with Gasteiger partial charge in [-0.15, -0.1) is 11.3 Å². The van der Waals surface area contributed by atoms with Crippen molar-refractivity contribution in [3.63, 3.8) is 0 Å². The Morgan fingerprint density at radius 3 is 3.11 bits per heavy atom. The number of thiophene rings is 1. The first-order valence-corrected chi connectivity index (χ1v) is 9.98. The van der Waals surface area contributed by atoms with E-state index in [1.54, 1.807) is 17.7 Å². The van der Waals surface area contributed by atoms with Crippen molar-refractivity contribution in [1.82, 2.24) is 9.97 Å². The van der Waals surface area contributed by atoms with Gasteiger partial charge in [-0.1, -0.05) is 12.1 Å². The van der Waals surface area contributed by atoms with E-state index in [1.165, 1.54) is 5.56 Å². The zero-order chi connectivity index (χ0) is 18.5. The van der Waals surface area contributed by atoms with Gasteiger partial charge in [0.2, 0.25) is 0 Å². The van der Waals surface area contributed by atoms with Gasteiger partial charge in [0.15, 0.2) is 5.82 Å². The molecule has 8 heteroatoms. The molecule has 27 heavy (non-hydrogen) atoms. The zero-order valence-electron chi connectivity index (χ0n) is 15.2. The van der Waals surface area contributed by atoms with Crippen LogP contribution >= 0.6 is 11.3 Å². The highest BCUT2D eigenvalue weighted by atomic mass is 32.1. The lowest BCUT2D eigenvalue weighted by atomic mass is 9.79. The Morgan fingerprint density at radius 1 is 1.33 bits per heavy atom. The number of hydrogen-bond donors (Lipinski definition) is 1. The van der Waals surface area contributed by atoms with Crippen molar-refractivity contribution in [2.75, 3.05) is 5.01 Å². The zero-order valence-corrected chi connectivity index (χ0v) is 16.0. The average Bonchev–Trinajstić information content (AvgIpc) is 3.25. The molecule has 1 unspecified atom stereocenters. The number of hydrogen-bond acceptors (Lipinski definition) is 7. The highest BCUT2D eigenvalue weighted by Crippen LogP contribution is 2.34. The first-order chi connectivity index (χ1) is 13.1. The molecular weight excluding hydrogens is 359 g/mol. The van der Waals surface area contributed by atoms with E-state index in [4.69, 9.17) is 9.76 Å². The molecule has 1 atom stereocenters. The van der Waals surface area contributed by atoms with E-state index >= 15 is 0 Å². The van der Waals surface area contributed by atoms with Gasteiger partial charge in [0.1, 0.15) is 6.33 Å². The van der Waals surface area contributed by atoms with Crippen LogP contribution in [0.1, 0.15) is 36.5 Å². The molecule has 4 heterocycles. The molecule has 5 rings (SSSR count). The molecule has 0 saturated heterocycles. The molecule has 2 aliphatic rings.